The fourth-order valence-corrected chi connectivity index (χ4v) is 3.67. The highest BCUT2D eigenvalue weighted by Crippen LogP contribution is 2.20. The summed E-state index contributed by atoms with van der Waals surface area (Å²) in [6.45, 7) is 6.79. The second kappa shape index (κ2) is 8.60. The molecule has 1 aliphatic rings. The van der Waals surface area contributed by atoms with Gasteiger partial charge in [-0.05, 0) is 44.5 Å². The van der Waals surface area contributed by atoms with Gasteiger partial charge in [-0.2, -0.15) is 5.10 Å². The number of benzene rings is 1. The summed E-state index contributed by atoms with van der Waals surface area (Å²) < 4.78 is 9.73. The lowest BCUT2D eigenvalue weighted by Crippen LogP contribution is -2.38. The second-order valence-electron chi connectivity index (χ2n) is 6.69. The standard InChI is InChI=1S/C19H26N4O2S/c1-3-25-18(24)17-9-11-21(12-10-17)14-23-19(26)22(13-20-23)15(2)16-7-5-4-6-8-16/h4-8,13,15,17H,3,9-12,14H2,1-2H3. The van der Waals surface area contributed by atoms with E-state index < -0.39 is 0 Å². The van der Waals surface area contributed by atoms with Crippen LogP contribution < -0.4 is 0 Å². The van der Waals surface area contributed by atoms with Crippen LogP contribution >= 0.6 is 12.2 Å². The van der Waals surface area contributed by atoms with Gasteiger partial charge in [-0.25, -0.2) is 4.68 Å². The number of ether oxygens (including phenoxy) is 1. The molecule has 3 rings (SSSR count). The third-order valence-electron chi connectivity index (χ3n) is 5.00. The first-order chi connectivity index (χ1) is 12.6. The molecule has 0 saturated carbocycles. The molecule has 0 spiro atoms. The van der Waals surface area contributed by atoms with Crippen molar-refractivity contribution >= 4 is 18.2 Å². The minimum atomic E-state index is -0.0651. The molecule has 26 heavy (non-hydrogen) atoms. The van der Waals surface area contributed by atoms with E-state index in [1.54, 1.807) is 0 Å². The number of rotatable bonds is 6. The van der Waals surface area contributed by atoms with Crippen LogP contribution in [0, 0.1) is 10.7 Å². The molecule has 6 nitrogen and oxygen atoms in total. The van der Waals surface area contributed by atoms with E-state index in [9.17, 15) is 4.79 Å². The number of aromatic nitrogens is 3. The van der Waals surface area contributed by atoms with Gasteiger partial charge < -0.3 is 4.74 Å². The highest BCUT2D eigenvalue weighted by Gasteiger charge is 2.26. The summed E-state index contributed by atoms with van der Waals surface area (Å²) in [7, 11) is 0. The van der Waals surface area contributed by atoms with Crippen LogP contribution in [0.15, 0.2) is 36.7 Å². The third kappa shape index (κ3) is 4.22. The summed E-state index contributed by atoms with van der Waals surface area (Å²) in [5.41, 5.74) is 1.21. The van der Waals surface area contributed by atoms with E-state index in [-0.39, 0.29) is 17.9 Å². The Morgan fingerprint density at radius 3 is 2.65 bits per heavy atom. The normalized spacial score (nSPS) is 17.2. The molecule has 7 heteroatoms. The molecule has 0 radical (unpaired) electrons. The molecular weight excluding hydrogens is 348 g/mol. The number of hydrogen-bond donors (Lipinski definition) is 0. The van der Waals surface area contributed by atoms with Crippen molar-refractivity contribution in [3.8, 4) is 0 Å². The zero-order chi connectivity index (χ0) is 18.5. The summed E-state index contributed by atoms with van der Waals surface area (Å²) in [4.78, 5) is 14.1. The SMILES string of the molecule is CCOC(=O)C1CCN(Cn2ncn(C(C)c3ccccc3)c2=S)CC1. The van der Waals surface area contributed by atoms with E-state index in [0.29, 0.717) is 18.0 Å². The van der Waals surface area contributed by atoms with Crippen LogP contribution in [0.3, 0.4) is 0 Å². The molecule has 2 heterocycles. The van der Waals surface area contributed by atoms with Gasteiger partial charge in [0, 0.05) is 13.1 Å². The Bertz CT molecular complexity index is 778. The van der Waals surface area contributed by atoms with Crippen LogP contribution in [-0.4, -0.2) is 44.9 Å². The summed E-state index contributed by atoms with van der Waals surface area (Å²) in [5.74, 6) is -0.0421. The third-order valence-corrected chi connectivity index (χ3v) is 5.42. The Hall–Kier alpha value is -1.99. The summed E-state index contributed by atoms with van der Waals surface area (Å²) in [5, 5.41) is 4.48. The largest absolute Gasteiger partial charge is 0.466 e. The molecule has 1 aromatic heterocycles. The van der Waals surface area contributed by atoms with E-state index in [2.05, 4.69) is 29.1 Å². The van der Waals surface area contributed by atoms with Crippen LogP contribution in [-0.2, 0) is 16.2 Å². The lowest BCUT2D eigenvalue weighted by Gasteiger charge is -2.30. The summed E-state index contributed by atoms with van der Waals surface area (Å²) in [6.07, 6.45) is 3.46. The molecule has 1 aliphatic heterocycles. The van der Waals surface area contributed by atoms with E-state index >= 15 is 0 Å². The van der Waals surface area contributed by atoms with E-state index in [0.717, 1.165) is 25.9 Å². The average Bonchev–Trinajstić information content (AvgIpc) is 3.03. The van der Waals surface area contributed by atoms with Crippen molar-refractivity contribution in [2.24, 2.45) is 5.92 Å². The Morgan fingerprint density at radius 2 is 2.00 bits per heavy atom. The number of likely N-dealkylation sites (tertiary alicyclic amines) is 1. The van der Waals surface area contributed by atoms with Crippen molar-refractivity contribution in [1.29, 1.82) is 0 Å². The maximum Gasteiger partial charge on any atom is 0.309 e. The summed E-state index contributed by atoms with van der Waals surface area (Å²) in [6, 6.07) is 10.4. The smallest absolute Gasteiger partial charge is 0.309 e. The lowest BCUT2D eigenvalue weighted by molar-refractivity contribution is -0.149. The van der Waals surface area contributed by atoms with Crippen molar-refractivity contribution in [2.45, 2.75) is 39.4 Å². The molecule has 1 unspecified atom stereocenters. The van der Waals surface area contributed by atoms with Crippen molar-refractivity contribution in [3.05, 3.63) is 47.0 Å². The predicted molar refractivity (Wildman–Crippen MR) is 102 cm³/mol. The molecule has 140 valence electrons. The van der Waals surface area contributed by atoms with E-state index in [1.807, 2.05) is 40.7 Å². The molecule has 1 atom stereocenters. The molecule has 0 aliphatic carbocycles. The Labute approximate surface area is 159 Å². The Balaban J connectivity index is 1.61. The van der Waals surface area contributed by atoms with Gasteiger partial charge in [-0.3, -0.25) is 14.3 Å². The molecular formula is C19H26N4O2S. The fraction of sp³-hybridized carbons (Fsp3) is 0.526. The van der Waals surface area contributed by atoms with Gasteiger partial charge in [-0.15, -0.1) is 0 Å². The number of carbonyl (C=O) groups is 1. The second-order valence-corrected chi connectivity index (χ2v) is 7.06. The zero-order valence-corrected chi connectivity index (χ0v) is 16.2. The van der Waals surface area contributed by atoms with Gasteiger partial charge in [0.15, 0.2) is 4.77 Å². The molecule has 0 bridgehead atoms. The quantitative estimate of drug-likeness (QED) is 0.574. The molecule has 1 aromatic carbocycles. The maximum absolute atomic E-state index is 11.9. The van der Waals surface area contributed by atoms with E-state index in [4.69, 9.17) is 17.0 Å². The lowest BCUT2D eigenvalue weighted by atomic mass is 9.97. The van der Waals surface area contributed by atoms with Crippen LogP contribution in [0.1, 0.15) is 38.3 Å². The Morgan fingerprint density at radius 1 is 1.31 bits per heavy atom. The van der Waals surface area contributed by atoms with E-state index in [1.165, 1.54) is 5.56 Å². The van der Waals surface area contributed by atoms with Crippen molar-refractivity contribution in [3.63, 3.8) is 0 Å². The monoisotopic (exact) mass is 374 g/mol. The first kappa shape index (κ1) is 18.8. The first-order valence-corrected chi connectivity index (χ1v) is 9.59. The first-order valence-electron chi connectivity index (χ1n) is 9.18. The fourth-order valence-electron chi connectivity index (χ4n) is 3.36. The Kier molecular flexibility index (Phi) is 6.21. The van der Waals surface area contributed by atoms with Gasteiger partial charge in [-0.1, -0.05) is 30.3 Å². The van der Waals surface area contributed by atoms with Gasteiger partial charge in [0.1, 0.15) is 6.33 Å². The van der Waals surface area contributed by atoms with Crippen LogP contribution in [0.5, 0.6) is 0 Å². The number of nitrogens with zero attached hydrogens (tertiary/aromatic N) is 4. The average molecular weight is 375 g/mol. The zero-order valence-electron chi connectivity index (χ0n) is 15.4. The van der Waals surface area contributed by atoms with Crippen LogP contribution in [0.25, 0.3) is 0 Å². The van der Waals surface area contributed by atoms with Gasteiger partial charge in [0.2, 0.25) is 0 Å². The van der Waals surface area contributed by atoms with Crippen LogP contribution in [0.4, 0.5) is 0 Å². The number of carbonyl (C=O) groups excluding carboxylic acids is 1. The van der Waals surface area contributed by atoms with Crippen molar-refractivity contribution in [2.75, 3.05) is 19.7 Å². The number of hydrogen-bond acceptors (Lipinski definition) is 5. The van der Waals surface area contributed by atoms with Gasteiger partial charge in [0.05, 0.1) is 25.2 Å². The highest BCUT2D eigenvalue weighted by atomic mass is 32.1. The van der Waals surface area contributed by atoms with Crippen molar-refractivity contribution in [1.82, 2.24) is 19.2 Å². The number of piperidine rings is 1. The molecule has 0 amide bonds. The molecule has 0 N–H and O–H groups in total. The molecule has 2 aromatic rings. The number of esters is 1. The van der Waals surface area contributed by atoms with Gasteiger partial charge >= 0.3 is 5.97 Å². The maximum atomic E-state index is 11.9. The summed E-state index contributed by atoms with van der Waals surface area (Å²) >= 11 is 5.63. The van der Waals surface area contributed by atoms with Crippen LogP contribution in [0.2, 0.25) is 0 Å². The minimum absolute atomic E-state index is 0.0230. The molecule has 1 saturated heterocycles. The molecule has 1 fully saturated rings. The predicted octanol–water partition coefficient (Wildman–Crippen LogP) is 3.26. The van der Waals surface area contributed by atoms with Crippen molar-refractivity contribution < 1.29 is 9.53 Å². The minimum Gasteiger partial charge on any atom is -0.466 e. The topological polar surface area (TPSA) is 52.3 Å². The van der Waals surface area contributed by atoms with Gasteiger partial charge in [0.25, 0.3) is 0 Å². The highest BCUT2D eigenvalue weighted by molar-refractivity contribution is 7.71.